The molecule has 1 atom stereocenters. The zero-order valence-electron chi connectivity index (χ0n) is 10.6. The minimum Gasteiger partial charge on any atom is -0.307 e. The normalized spacial score (nSPS) is 17.6. The molecule has 1 fully saturated rings. The van der Waals surface area contributed by atoms with Gasteiger partial charge in [0.1, 0.15) is 0 Å². The fraction of sp³-hybridized carbons (Fsp3) is 0.538. The van der Waals surface area contributed by atoms with Crippen molar-refractivity contribution in [2.24, 2.45) is 0 Å². The number of rotatable bonds is 3. The summed E-state index contributed by atoms with van der Waals surface area (Å²) in [4.78, 5) is 4.47. The van der Waals surface area contributed by atoms with Gasteiger partial charge >= 0.3 is 0 Å². The number of nitrogens with one attached hydrogen (secondary N) is 1. The lowest BCUT2D eigenvalue weighted by molar-refractivity contribution is 0.561. The van der Waals surface area contributed by atoms with Crippen LogP contribution in [-0.4, -0.2) is 20.6 Å². The Bertz CT molecular complexity index is 554. The van der Waals surface area contributed by atoms with Crippen molar-refractivity contribution in [2.45, 2.75) is 45.7 Å². The van der Waals surface area contributed by atoms with E-state index >= 15 is 0 Å². The Morgan fingerprint density at radius 1 is 1.41 bits per heavy atom. The second-order valence-corrected chi connectivity index (χ2v) is 5.02. The molecule has 4 nitrogen and oxygen atoms in total. The third-order valence-electron chi connectivity index (χ3n) is 3.41. The van der Waals surface area contributed by atoms with Crippen LogP contribution in [0.2, 0.25) is 0 Å². The molecule has 2 heterocycles. The van der Waals surface area contributed by atoms with Crippen LogP contribution < -0.4 is 5.32 Å². The Hall–Kier alpha value is -1.42. The Morgan fingerprint density at radius 2 is 2.18 bits per heavy atom. The van der Waals surface area contributed by atoms with Crippen LogP contribution in [0.4, 0.5) is 0 Å². The summed E-state index contributed by atoms with van der Waals surface area (Å²) in [5, 5.41) is 8.08. The molecule has 0 spiro atoms. The second-order valence-electron chi connectivity index (χ2n) is 5.02. The number of fused-ring (bicyclic) bond motifs is 1. The summed E-state index contributed by atoms with van der Waals surface area (Å²) in [7, 11) is 0. The van der Waals surface area contributed by atoms with E-state index in [9.17, 15) is 0 Å². The average Bonchev–Trinajstić information content (AvgIpc) is 2.99. The molecule has 90 valence electrons. The Kier molecular flexibility index (Phi) is 2.40. The first-order valence-electron chi connectivity index (χ1n) is 6.23. The standard InChI is InChI=1S/C13H18N4/c1-8-6-13-14-7-12(10(3)17(13)16-8)9(2)15-11-4-5-11/h6-7,9,11,15H,4-5H2,1-3H3. The molecular weight excluding hydrogens is 212 g/mol. The van der Waals surface area contributed by atoms with Crippen molar-refractivity contribution in [3.05, 3.63) is 29.2 Å². The number of hydrogen-bond acceptors (Lipinski definition) is 3. The highest BCUT2D eigenvalue weighted by Crippen LogP contribution is 2.25. The van der Waals surface area contributed by atoms with Crippen LogP contribution in [-0.2, 0) is 0 Å². The van der Waals surface area contributed by atoms with Gasteiger partial charge in [0.2, 0.25) is 0 Å². The topological polar surface area (TPSA) is 42.2 Å². The van der Waals surface area contributed by atoms with Crippen LogP contribution in [0.15, 0.2) is 12.3 Å². The summed E-state index contributed by atoms with van der Waals surface area (Å²) in [5.41, 5.74) is 4.37. The molecule has 2 aromatic rings. The van der Waals surface area contributed by atoms with Crippen LogP contribution in [0, 0.1) is 13.8 Å². The summed E-state index contributed by atoms with van der Waals surface area (Å²) in [6, 6.07) is 3.07. The van der Waals surface area contributed by atoms with E-state index in [1.54, 1.807) is 0 Å². The van der Waals surface area contributed by atoms with Crippen molar-refractivity contribution in [3.63, 3.8) is 0 Å². The number of aryl methyl sites for hydroxylation is 2. The van der Waals surface area contributed by atoms with Gasteiger partial charge in [0.05, 0.1) is 5.69 Å². The average molecular weight is 230 g/mol. The van der Waals surface area contributed by atoms with Crippen molar-refractivity contribution in [1.29, 1.82) is 0 Å². The zero-order chi connectivity index (χ0) is 12.0. The SMILES string of the molecule is Cc1cc2ncc(C(C)NC3CC3)c(C)n2n1. The lowest BCUT2D eigenvalue weighted by Crippen LogP contribution is -2.22. The summed E-state index contributed by atoms with van der Waals surface area (Å²) < 4.78 is 1.94. The van der Waals surface area contributed by atoms with Gasteiger partial charge in [-0.1, -0.05) is 0 Å². The van der Waals surface area contributed by atoms with Crippen molar-refractivity contribution in [2.75, 3.05) is 0 Å². The highest BCUT2D eigenvalue weighted by atomic mass is 15.3. The summed E-state index contributed by atoms with van der Waals surface area (Å²) in [6.07, 6.45) is 4.59. The largest absolute Gasteiger partial charge is 0.307 e. The third kappa shape index (κ3) is 1.93. The van der Waals surface area contributed by atoms with Crippen LogP contribution in [0.5, 0.6) is 0 Å². The lowest BCUT2D eigenvalue weighted by atomic mass is 10.1. The van der Waals surface area contributed by atoms with E-state index in [4.69, 9.17) is 0 Å². The van der Waals surface area contributed by atoms with Crippen LogP contribution in [0.3, 0.4) is 0 Å². The van der Waals surface area contributed by atoms with Crippen LogP contribution >= 0.6 is 0 Å². The Labute approximate surface area is 101 Å². The summed E-state index contributed by atoms with van der Waals surface area (Å²) in [6.45, 7) is 6.31. The highest BCUT2D eigenvalue weighted by molar-refractivity contribution is 5.42. The molecule has 0 bridgehead atoms. The van der Waals surface area contributed by atoms with Gasteiger partial charge in [-0.3, -0.25) is 0 Å². The van der Waals surface area contributed by atoms with Gasteiger partial charge < -0.3 is 5.32 Å². The molecule has 1 N–H and O–H groups in total. The molecule has 1 unspecified atom stereocenters. The first-order valence-corrected chi connectivity index (χ1v) is 6.23. The van der Waals surface area contributed by atoms with Gasteiger partial charge in [0.15, 0.2) is 5.65 Å². The van der Waals surface area contributed by atoms with Crippen molar-refractivity contribution >= 4 is 5.65 Å². The molecule has 2 aromatic heterocycles. The second kappa shape index (κ2) is 3.81. The van der Waals surface area contributed by atoms with Crippen molar-refractivity contribution in [1.82, 2.24) is 19.9 Å². The van der Waals surface area contributed by atoms with Crippen LogP contribution in [0.1, 0.15) is 42.8 Å². The predicted octanol–water partition coefficient (Wildman–Crippen LogP) is 2.16. The number of hydrogen-bond donors (Lipinski definition) is 1. The van der Waals surface area contributed by atoms with E-state index in [1.807, 2.05) is 23.7 Å². The molecule has 1 saturated carbocycles. The first-order chi connectivity index (χ1) is 8.15. The van der Waals surface area contributed by atoms with Gasteiger partial charge in [-0.2, -0.15) is 5.10 Å². The van der Waals surface area contributed by atoms with Crippen molar-refractivity contribution in [3.8, 4) is 0 Å². The molecule has 17 heavy (non-hydrogen) atoms. The maximum absolute atomic E-state index is 4.48. The minimum atomic E-state index is 0.351. The zero-order valence-corrected chi connectivity index (χ0v) is 10.6. The van der Waals surface area contributed by atoms with E-state index in [1.165, 1.54) is 24.1 Å². The molecule has 1 aliphatic rings. The van der Waals surface area contributed by atoms with Crippen molar-refractivity contribution < 1.29 is 0 Å². The molecular formula is C13H18N4. The fourth-order valence-electron chi connectivity index (χ4n) is 2.29. The Balaban J connectivity index is 2.00. The summed E-state index contributed by atoms with van der Waals surface area (Å²) in [5.74, 6) is 0. The van der Waals surface area contributed by atoms with E-state index in [0.29, 0.717) is 12.1 Å². The highest BCUT2D eigenvalue weighted by Gasteiger charge is 2.24. The third-order valence-corrected chi connectivity index (χ3v) is 3.41. The van der Waals surface area contributed by atoms with E-state index < -0.39 is 0 Å². The maximum atomic E-state index is 4.48. The lowest BCUT2D eigenvalue weighted by Gasteiger charge is -2.16. The molecule has 0 aliphatic heterocycles. The monoisotopic (exact) mass is 230 g/mol. The molecule has 0 aromatic carbocycles. The predicted molar refractivity (Wildman–Crippen MR) is 67.0 cm³/mol. The molecule has 3 rings (SSSR count). The first kappa shape index (κ1) is 10.7. The van der Waals surface area contributed by atoms with E-state index in [2.05, 4.69) is 29.2 Å². The minimum absolute atomic E-state index is 0.351. The molecule has 0 saturated heterocycles. The van der Waals surface area contributed by atoms with Gasteiger partial charge in [0.25, 0.3) is 0 Å². The smallest absolute Gasteiger partial charge is 0.155 e. The van der Waals surface area contributed by atoms with E-state index in [-0.39, 0.29) is 0 Å². The van der Waals surface area contributed by atoms with Gasteiger partial charge in [0, 0.05) is 35.6 Å². The molecule has 0 radical (unpaired) electrons. The molecule has 1 aliphatic carbocycles. The van der Waals surface area contributed by atoms with Crippen LogP contribution in [0.25, 0.3) is 5.65 Å². The fourth-order valence-corrected chi connectivity index (χ4v) is 2.29. The maximum Gasteiger partial charge on any atom is 0.155 e. The van der Waals surface area contributed by atoms with E-state index in [0.717, 1.165) is 11.3 Å². The molecule has 0 amide bonds. The Morgan fingerprint density at radius 3 is 2.88 bits per heavy atom. The van der Waals surface area contributed by atoms with Gasteiger partial charge in [-0.25, -0.2) is 9.50 Å². The number of aromatic nitrogens is 3. The van der Waals surface area contributed by atoms with Gasteiger partial charge in [-0.05, 0) is 33.6 Å². The number of nitrogens with zero attached hydrogens (tertiary/aromatic N) is 3. The quantitative estimate of drug-likeness (QED) is 0.878. The summed E-state index contributed by atoms with van der Waals surface area (Å²) >= 11 is 0. The molecule has 4 heteroatoms. The van der Waals surface area contributed by atoms with Gasteiger partial charge in [-0.15, -0.1) is 0 Å².